The maximum Gasteiger partial charge on any atom is 0.417 e. The number of nitrogens with zero attached hydrogens (tertiary/aromatic N) is 2. The van der Waals surface area contributed by atoms with Gasteiger partial charge in [0.15, 0.2) is 0 Å². The van der Waals surface area contributed by atoms with Crippen molar-refractivity contribution in [2.75, 3.05) is 25.5 Å². The molecule has 14 amide bonds. The summed E-state index contributed by atoms with van der Waals surface area (Å²) in [5.74, 6) is -12.8. The summed E-state index contributed by atoms with van der Waals surface area (Å²) in [6, 6.07) is 53.5. The molecule has 0 saturated carbocycles. The minimum atomic E-state index is -3.51. The summed E-state index contributed by atoms with van der Waals surface area (Å²) in [6.07, 6.45) is -4.09. The maximum absolute atomic E-state index is 16.6. The van der Waals surface area contributed by atoms with Gasteiger partial charge in [-0.3, -0.25) is 57.5 Å². The van der Waals surface area contributed by atoms with E-state index >= 15 is 38.4 Å². The molecule has 8 atom stereocenters. The van der Waals surface area contributed by atoms with E-state index in [-0.39, 0.29) is 6.42 Å². The molecule has 0 spiro atoms. The molecule has 2 aliphatic carbocycles. The molecule has 32 heteroatoms. The van der Waals surface area contributed by atoms with Gasteiger partial charge in [-0.25, -0.2) is 19.4 Å². The van der Waals surface area contributed by atoms with Gasteiger partial charge < -0.3 is 63.1 Å². The van der Waals surface area contributed by atoms with Crippen LogP contribution in [0.1, 0.15) is 123 Å². The highest BCUT2D eigenvalue weighted by molar-refractivity contribution is 8.22. The lowest BCUT2D eigenvalue weighted by Gasteiger charge is -2.38. The third-order valence-corrected chi connectivity index (χ3v) is 32.7. The van der Waals surface area contributed by atoms with Crippen LogP contribution in [0.5, 0.6) is 0 Å². The highest BCUT2D eigenvalue weighted by atomic mass is 32.4. The molecule has 0 fully saturated rings. The summed E-state index contributed by atoms with van der Waals surface area (Å²) in [4.78, 5) is 210. The molecule has 2 aliphatic rings. The van der Waals surface area contributed by atoms with Crippen molar-refractivity contribution in [2.24, 2.45) is 5.73 Å². The van der Waals surface area contributed by atoms with Crippen molar-refractivity contribution >= 4 is 140 Å². The highest BCUT2D eigenvalue weighted by Gasteiger charge is 2.50. The van der Waals surface area contributed by atoms with E-state index in [1.807, 2.05) is 97.1 Å². The minimum absolute atomic E-state index is 0.331. The number of fused-ring (bicyclic) bond motifs is 6. The first-order valence-electron chi connectivity index (χ1n) is 42.5. The van der Waals surface area contributed by atoms with Gasteiger partial charge in [0.1, 0.15) is 78.2 Å². The molecule has 11 N–H and O–H groups in total. The summed E-state index contributed by atoms with van der Waals surface area (Å²) in [5.41, 5.74) is 6.68. The Morgan fingerprint density at radius 1 is 0.362 bits per heavy atom. The molecule has 0 aromatic heterocycles. The zero-order chi connectivity index (χ0) is 94.3. The second-order valence-corrected chi connectivity index (χ2v) is 43.5. The predicted molar refractivity (Wildman–Crippen MR) is 506 cm³/mol. The molecule has 9 aromatic carbocycles. The number of nitrogens with one attached hydrogen (secondary N) is 9. The molecule has 0 heterocycles. The summed E-state index contributed by atoms with van der Waals surface area (Å²) < 4.78 is 12.7. The number of imide groups is 2. The van der Waals surface area contributed by atoms with Crippen LogP contribution in [-0.2, 0) is 97.0 Å². The average Bonchev–Trinajstić information content (AvgIpc) is 1.56. The van der Waals surface area contributed by atoms with Crippen molar-refractivity contribution in [1.82, 2.24) is 57.7 Å². The van der Waals surface area contributed by atoms with E-state index in [9.17, 15) is 28.8 Å². The Bertz CT molecular complexity index is 5700. The van der Waals surface area contributed by atoms with Crippen LogP contribution < -0.4 is 74.8 Å². The van der Waals surface area contributed by atoms with Crippen molar-refractivity contribution in [3.05, 3.63) is 277 Å². The summed E-state index contributed by atoms with van der Waals surface area (Å²) in [5, 5.41) is 25.9. The molecule has 11 rings (SSSR count). The van der Waals surface area contributed by atoms with Crippen LogP contribution in [0.3, 0.4) is 0 Å². The Morgan fingerprint density at radius 2 is 0.662 bits per heavy atom. The fourth-order valence-corrected chi connectivity index (χ4v) is 23.8. The van der Waals surface area contributed by atoms with Crippen LogP contribution in [0.15, 0.2) is 249 Å². The van der Waals surface area contributed by atoms with Crippen LogP contribution in [0.4, 0.5) is 9.59 Å². The first-order chi connectivity index (χ1) is 61.7. The molecule has 9 aromatic rings. The molecule has 0 aliphatic heterocycles. The normalized spacial score (nSPS) is 14.2. The predicted octanol–water partition coefficient (Wildman–Crippen LogP) is 7.98. The average molecular weight is 1840 g/mol. The quantitative estimate of drug-likeness (QED) is 0.0166. The molecule has 0 bridgehead atoms. The number of primary amides is 1. The standard InChI is InChI=1S/C98H108N12O16P2S2/c1-59(83(99)112)103-91(120)96(7,8)107-85(114)62(4)102-88(117)82(58-128(130,68-42-24-16-25-43-68)69-44-26-17-27-45-69)110(95(124)126-56-79-76-52-34-30-48-72(76)73-49-31-35-53-77(73)79)93(122)98(11,12)108-86(115)61(3)101-87(116)80(54-65-36-18-13-19-37-65)105-89(118)81(57-127(129,66-38-20-14-21-39-66)67-40-22-15-23-41-67)109(90(119)63(5)104-92(121)97(9,10)106-84(113)60(2)100-64(6)111)94(123)125-55-78-74-50-32-28-46-70(74)71-47-29-33-51-75(71)78/h13-53,59-63,78-82H,54-58H2,1-12H3,(H2,99,112)(H,100,111)(H,101,116)(H,102,117)(H,103,120)(H,104,121)(H,105,118)(H,106,113)(H,107,114)(H,108,115)/t59-,60-,61-,62-,63-,80-,81-,82-/m0/s1. The molecule has 678 valence electrons. The van der Waals surface area contributed by atoms with E-state index < -0.39 is 197 Å². The topological polar surface area (TPSA) is 398 Å². The Kier molecular flexibility index (Phi) is 31.5. The maximum atomic E-state index is 16.6. The Morgan fingerprint density at radius 3 is 1.02 bits per heavy atom. The number of ether oxygens (including phenoxy) is 2. The second-order valence-electron chi connectivity index (χ2n) is 34.0. The van der Waals surface area contributed by atoms with Crippen molar-refractivity contribution in [1.29, 1.82) is 0 Å². The summed E-state index contributed by atoms with van der Waals surface area (Å²) >= 11 is 13.7. The monoisotopic (exact) mass is 1830 g/mol. The van der Waals surface area contributed by atoms with Crippen LogP contribution in [-0.4, -0.2) is 183 Å². The fourth-order valence-electron chi connectivity index (χ4n) is 15.8. The third kappa shape index (κ3) is 22.7. The molecule has 28 nitrogen and oxygen atoms in total. The lowest BCUT2D eigenvalue weighted by Crippen LogP contribution is -2.66. The Hall–Kier alpha value is -13.1. The van der Waals surface area contributed by atoms with Crippen LogP contribution in [0.2, 0.25) is 0 Å². The van der Waals surface area contributed by atoms with Crippen molar-refractivity contribution < 1.29 is 76.6 Å². The second kappa shape index (κ2) is 42.0. The van der Waals surface area contributed by atoms with Crippen LogP contribution in [0, 0.1) is 0 Å². The smallest absolute Gasteiger partial charge is 0.417 e. The van der Waals surface area contributed by atoms with Gasteiger partial charge in [-0.2, -0.15) is 0 Å². The largest absolute Gasteiger partial charge is 0.448 e. The first kappa shape index (κ1) is 97.5. The zero-order valence-corrected chi connectivity index (χ0v) is 77.6. The van der Waals surface area contributed by atoms with E-state index in [1.54, 1.807) is 152 Å². The number of rotatable bonds is 36. The Balaban J connectivity index is 0.963. The van der Waals surface area contributed by atoms with E-state index in [0.29, 0.717) is 36.6 Å². The minimum Gasteiger partial charge on any atom is -0.448 e. The number of nitrogens with two attached hydrogens (primary N) is 1. The van der Waals surface area contributed by atoms with E-state index in [1.165, 1.54) is 83.1 Å². The molecule has 130 heavy (non-hydrogen) atoms. The first-order valence-corrected chi connectivity index (χ1v) is 48.5. The molecule has 0 radical (unpaired) electrons. The van der Waals surface area contributed by atoms with Gasteiger partial charge in [0, 0.05) is 49.6 Å². The van der Waals surface area contributed by atoms with E-state index in [0.717, 1.165) is 44.5 Å². The summed E-state index contributed by atoms with van der Waals surface area (Å²) in [7, 11) is 0. The third-order valence-electron chi connectivity index (χ3n) is 23.0. The van der Waals surface area contributed by atoms with Gasteiger partial charge in [0.2, 0.25) is 59.1 Å². The lowest BCUT2D eigenvalue weighted by atomic mass is 9.98. The molecular formula is C98H108N12O16P2S2. The van der Waals surface area contributed by atoms with Gasteiger partial charge in [-0.15, -0.1) is 0 Å². The van der Waals surface area contributed by atoms with Crippen molar-refractivity contribution in [2.45, 2.75) is 166 Å². The molecular weight excluding hydrogens is 1730 g/mol. The van der Waals surface area contributed by atoms with Crippen LogP contribution >= 0.6 is 12.1 Å². The number of hydrogen-bond acceptors (Lipinski definition) is 18. The van der Waals surface area contributed by atoms with Gasteiger partial charge in [-0.05, 0) is 147 Å². The van der Waals surface area contributed by atoms with Crippen molar-refractivity contribution in [3.8, 4) is 22.3 Å². The number of carbonyl (C=O) groups excluding carboxylic acids is 14. The van der Waals surface area contributed by atoms with E-state index in [2.05, 4.69) is 47.9 Å². The van der Waals surface area contributed by atoms with Gasteiger partial charge in [-0.1, -0.05) is 272 Å². The van der Waals surface area contributed by atoms with Crippen molar-refractivity contribution in [3.63, 3.8) is 0 Å². The number of carbonyl (C=O) groups is 14. The molecule has 0 saturated heterocycles. The fraction of sp³-hybridized carbons (Fsp3) is 0.306. The van der Waals surface area contributed by atoms with Gasteiger partial charge >= 0.3 is 12.2 Å². The van der Waals surface area contributed by atoms with Gasteiger partial charge in [0.25, 0.3) is 11.8 Å². The highest BCUT2D eigenvalue weighted by Crippen LogP contribution is 2.49. The molecule has 0 unspecified atom stereocenters. The SMILES string of the molecule is CC(=O)N[C@@H](C)C(=O)NC(C)(C)C(=O)N[C@@H](C)C(=O)N(C(=O)OCC1c2ccccc2-c2ccccc21)[C@@H](CP(=S)(c1ccccc1)c1ccccc1)C(=O)N[C@@H](Cc1ccccc1)C(=O)N[C@@H](C)C(=O)NC(C)(C)C(=O)N(C(=O)OCC1c2ccccc2-c2ccccc21)[C@@H](CP(=S)(c1ccccc1)c1ccccc1)C(=O)N[C@@H](C)C(=O)NC(C)(C)C(=O)N[C@@H](C)C(N)=O. The van der Waals surface area contributed by atoms with Crippen LogP contribution in [0.25, 0.3) is 22.3 Å². The number of hydrogen-bond donors (Lipinski definition) is 10. The van der Waals surface area contributed by atoms with E-state index in [4.69, 9.17) is 38.8 Å². The zero-order valence-electron chi connectivity index (χ0n) is 74.2. The number of benzene rings is 9. The van der Waals surface area contributed by atoms with Gasteiger partial charge in [0.05, 0.1) is 0 Å². The summed E-state index contributed by atoms with van der Waals surface area (Å²) in [6.45, 7) is 14.9. The lowest BCUT2D eigenvalue weighted by molar-refractivity contribution is -0.145. The number of amides is 14. The Labute approximate surface area is 765 Å².